The zero-order valence-electron chi connectivity index (χ0n) is 11.2. The fourth-order valence-corrected chi connectivity index (χ4v) is 1.47. The summed E-state index contributed by atoms with van der Waals surface area (Å²) in [4.78, 5) is 11.7. The molecule has 0 radical (unpaired) electrons. The molecule has 112 valence electrons. The van der Waals surface area contributed by atoms with Gasteiger partial charge >= 0.3 is 0 Å². The number of methoxy groups -OCH3 is 1. The third-order valence-corrected chi connectivity index (χ3v) is 2.49. The first-order valence-electron chi connectivity index (χ1n) is 6.04. The number of alkyl halides is 2. The van der Waals surface area contributed by atoms with Crippen LogP contribution >= 0.6 is 0 Å². The molecule has 0 fully saturated rings. The largest absolute Gasteiger partial charge is 0.493 e. The van der Waals surface area contributed by atoms with Gasteiger partial charge in [0.1, 0.15) is 6.10 Å². The van der Waals surface area contributed by atoms with Gasteiger partial charge in [-0.2, -0.15) is 0 Å². The molecule has 5 nitrogen and oxygen atoms in total. The number of ether oxygens (including phenoxy) is 2. The van der Waals surface area contributed by atoms with E-state index in [4.69, 9.17) is 14.6 Å². The molecule has 0 aliphatic carbocycles. The maximum Gasteiger partial charge on any atom is 0.265 e. The molecule has 0 aliphatic rings. The number of hydrogen-bond donors (Lipinski definition) is 2. The van der Waals surface area contributed by atoms with Crippen molar-refractivity contribution in [3.8, 4) is 11.5 Å². The molecule has 0 aromatic heterocycles. The molecule has 0 bridgehead atoms. The molecule has 1 amide bonds. The fraction of sp³-hybridized carbons (Fsp3) is 0.462. The van der Waals surface area contributed by atoms with Gasteiger partial charge in [0.05, 0.1) is 13.7 Å². The summed E-state index contributed by atoms with van der Waals surface area (Å²) in [7, 11) is 1.43. The first kappa shape index (κ1) is 16.2. The third-order valence-electron chi connectivity index (χ3n) is 2.49. The van der Waals surface area contributed by atoms with Gasteiger partial charge in [0.2, 0.25) is 0 Å². The summed E-state index contributed by atoms with van der Waals surface area (Å²) in [5.74, 6) is 0.277. The standard InChI is InChI=1S/C13H17F2NO4/c1-3-20-10-5-4-8(6-11(10)19-2)13(18)16-7-9(17)12(14)15/h4-6,9,12,17H,3,7H2,1-2H3,(H,16,18). The molecular weight excluding hydrogens is 272 g/mol. The van der Waals surface area contributed by atoms with Crippen LogP contribution in [0.4, 0.5) is 8.78 Å². The molecule has 0 heterocycles. The Kier molecular flexibility index (Phi) is 6.17. The van der Waals surface area contributed by atoms with E-state index in [1.807, 2.05) is 6.92 Å². The maximum absolute atomic E-state index is 12.1. The van der Waals surface area contributed by atoms with E-state index >= 15 is 0 Å². The monoisotopic (exact) mass is 289 g/mol. The number of hydrogen-bond acceptors (Lipinski definition) is 4. The van der Waals surface area contributed by atoms with Crippen molar-refractivity contribution in [3.05, 3.63) is 23.8 Å². The lowest BCUT2D eigenvalue weighted by Gasteiger charge is -2.13. The summed E-state index contributed by atoms with van der Waals surface area (Å²) >= 11 is 0. The van der Waals surface area contributed by atoms with Crippen LogP contribution in [0.15, 0.2) is 18.2 Å². The van der Waals surface area contributed by atoms with Crippen molar-refractivity contribution in [1.82, 2.24) is 5.32 Å². The van der Waals surface area contributed by atoms with Crippen LogP contribution in [0.5, 0.6) is 11.5 Å². The summed E-state index contributed by atoms with van der Waals surface area (Å²) in [5, 5.41) is 11.1. The van der Waals surface area contributed by atoms with Crippen LogP contribution in [-0.2, 0) is 0 Å². The second-order valence-corrected chi connectivity index (χ2v) is 3.91. The zero-order chi connectivity index (χ0) is 15.1. The lowest BCUT2D eigenvalue weighted by molar-refractivity contribution is -0.00270. The summed E-state index contributed by atoms with van der Waals surface area (Å²) < 4.78 is 34.6. The molecule has 1 unspecified atom stereocenters. The van der Waals surface area contributed by atoms with Gasteiger partial charge in [0.25, 0.3) is 12.3 Å². The number of halogens is 2. The highest BCUT2D eigenvalue weighted by atomic mass is 19.3. The minimum atomic E-state index is -2.90. The van der Waals surface area contributed by atoms with Gasteiger partial charge in [0.15, 0.2) is 11.5 Å². The first-order valence-corrected chi connectivity index (χ1v) is 6.04. The molecule has 1 rings (SSSR count). The van der Waals surface area contributed by atoms with E-state index in [1.165, 1.54) is 19.2 Å². The molecule has 0 saturated heterocycles. The number of amides is 1. The Labute approximate surface area is 115 Å². The molecule has 0 aliphatic heterocycles. The van der Waals surface area contributed by atoms with E-state index in [2.05, 4.69) is 5.32 Å². The first-order chi connectivity index (χ1) is 9.49. The Morgan fingerprint density at radius 3 is 2.65 bits per heavy atom. The molecule has 0 saturated carbocycles. The van der Waals surface area contributed by atoms with Crippen molar-refractivity contribution in [1.29, 1.82) is 0 Å². The Hall–Kier alpha value is -1.89. The van der Waals surface area contributed by atoms with Gasteiger partial charge in [-0.25, -0.2) is 8.78 Å². The average molecular weight is 289 g/mol. The predicted octanol–water partition coefficient (Wildman–Crippen LogP) is 1.45. The summed E-state index contributed by atoms with van der Waals surface area (Å²) in [6.45, 7) is 1.74. The van der Waals surface area contributed by atoms with Gasteiger partial charge < -0.3 is 19.9 Å². The number of rotatable bonds is 7. The van der Waals surface area contributed by atoms with Crippen LogP contribution in [0.1, 0.15) is 17.3 Å². The summed E-state index contributed by atoms with van der Waals surface area (Å²) in [5.41, 5.74) is 0.228. The minimum absolute atomic E-state index is 0.228. The Morgan fingerprint density at radius 2 is 2.10 bits per heavy atom. The number of carbonyl (C=O) groups is 1. The second kappa shape index (κ2) is 7.64. The van der Waals surface area contributed by atoms with E-state index in [0.29, 0.717) is 18.1 Å². The quantitative estimate of drug-likeness (QED) is 0.797. The van der Waals surface area contributed by atoms with Crippen molar-refractivity contribution >= 4 is 5.91 Å². The number of carbonyl (C=O) groups excluding carboxylic acids is 1. The highest BCUT2D eigenvalue weighted by Crippen LogP contribution is 2.27. The van der Waals surface area contributed by atoms with E-state index in [-0.39, 0.29) is 5.56 Å². The van der Waals surface area contributed by atoms with Crippen molar-refractivity contribution < 1.29 is 28.2 Å². The fourth-order valence-electron chi connectivity index (χ4n) is 1.47. The lowest BCUT2D eigenvalue weighted by Crippen LogP contribution is -2.35. The van der Waals surface area contributed by atoms with Gasteiger partial charge in [0, 0.05) is 12.1 Å². The van der Waals surface area contributed by atoms with Gasteiger partial charge in [-0.05, 0) is 25.1 Å². The third kappa shape index (κ3) is 4.34. The highest BCUT2D eigenvalue weighted by Gasteiger charge is 2.18. The molecule has 7 heteroatoms. The number of nitrogens with one attached hydrogen (secondary N) is 1. The van der Waals surface area contributed by atoms with Crippen molar-refractivity contribution in [3.63, 3.8) is 0 Å². The molecule has 1 aromatic rings. The highest BCUT2D eigenvalue weighted by molar-refractivity contribution is 5.94. The summed E-state index contributed by atoms with van der Waals surface area (Å²) in [6.07, 6.45) is -4.78. The summed E-state index contributed by atoms with van der Waals surface area (Å²) in [6, 6.07) is 4.48. The van der Waals surface area contributed by atoms with Gasteiger partial charge in [-0.1, -0.05) is 0 Å². The normalized spacial score (nSPS) is 12.1. The number of aliphatic hydroxyl groups excluding tert-OH is 1. The van der Waals surface area contributed by atoms with Crippen molar-refractivity contribution in [2.24, 2.45) is 0 Å². The van der Waals surface area contributed by atoms with E-state index < -0.39 is 25.0 Å². The zero-order valence-corrected chi connectivity index (χ0v) is 11.2. The SMILES string of the molecule is CCOc1ccc(C(=O)NCC(O)C(F)F)cc1OC. The minimum Gasteiger partial charge on any atom is -0.493 e. The van der Waals surface area contributed by atoms with Crippen LogP contribution in [0.25, 0.3) is 0 Å². The van der Waals surface area contributed by atoms with Crippen LogP contribution in [-0.4, -0.2) is 43.8 Å². The molecule has 0 spiro atoms. The average Bonchev–Trinajstić information content (AvgIpc) is 2.44. The Balaban J connectivity index is 2.73. The Morgan fingerprint density at radius 1 is 1.40 bits per heavy atom. The molecule has 20 heavy (non-hydrogen) atoms. The molecular formula is C13H17F2NO4. The van der Waals surface area contributed by atoms with Crippen molar-refractivity contribution in [2.75, 3.05) is 20.3 Å². The van der Waals surface area contributed by atoms with E-state index in [9.17, 15) is 13.6 Å². The van der Waals surface area contributed by atoms with E-state index in [1.54, 1.807) is 6.07 Å². The van der Waals surface area contributed by atoms with Crippen molar-refractivity contribution in [2.45, 2.75) is 19.5 Å². The lowest BCUT2D eigenvalue weighted by atomic mass is 10.2. The topological polar surface area (TPSA) is 67.8 Å². The predicted molar refractivity (Wildman–Crippen MR) is 68.5 cm³/mol. The number of aliphatic hydroxyl groups is 1. The van der Waals surface area contributed by atoms with Crippen LogP contribution in [0.3, 0.4) is 0 Å². The van der Waals surface area contributed by atoms with Gasteiger partial charge in [-0.3, -0.25) is 4.79 Å². The smallest absolute Gasteiger partial charge is 0.265 e. The molecule has 2 N–H and O–H groups in total. The maximum atomic E-state index is 12.1. The molecule has 1 aromatic carbocycles. The number of benzene rings is 1. The van der Waals surface area contributed by atoms with Crippen LogP contribution in [0.2, 0.25) is 0 Å². The van der Waals surface area contributed by atoms with Gasteiger partial charge in [-0.15, -0.1) is 0 Å². The van der Waals surface area contributed by atoms with Crippen LogP contribution < -0.4 is 14.8 Å². The Bertz CT molecular complexity index is 454. The second-order valence-electron chi connectivity index (χ2n) is 3.91. The van der Waals surface area contributed by atoms with Crippen LogP contribution in [0, 0.1) is 0 Å². The molecule has 1 atom stereocenters. The van der Waals surface area contributed by atoms with E-state index in [0.717, 1.165) is 0 Å².